The largest absolute Gasteiger partial charge is 0.398 e. The number of nitrogens with two attached hydrogens (primary N) is 1. The summed E-state index contributed by atoms with van der Waals surface area (Å²) in [5.74, 6) is 2.51. The van der Waals surface area contributed by atoms with E-state index in [1.807, 2.05) is 25.6 Å². The second-order valence-corrected chi connectivity index (χ2v) is 9.76. The van der Waals surface area contributed by atoms with E-state index in [-0.39, 0.29) is 0 Å². The van der Waals surface area contributed by atoms with Gasteiger partial charge in [0.15, 0.2) is 0 Å². The van der Waals surface area contributed by atoms with Crippen LogP contribution in [0.3, 0.4) is 0 Å². The SMILES string of the molecule is CCc1nc2c(c(N3CC(c4cncn4C)C3)n1)COCCCC(C)c1ccc(N)c(C#N)c1C2. The van der Waals surface area contributed by atoms with Gasteiger partial charge in [-0.05, 0) is 36.0 Å². The van der Waals surface area contributed by atoms with Gasteiger partial charge < -0.3 is 19.9 Å². The van der Waals surface area contributed by atoms with Gasteiger partial charge in [0.1, 0.15) is 17.7 Å². The summed E-state index contributed by atoms with van der Waals surface area (Å²) in [5, 5.41) is 9.98. The van der Waals surface area contributed by atoms with E-state index in [2.05, 4.69) is 40.4 Å². The van der Waals surface area contributed by atoms with E-state index in [1.165, 1.54) is 11.3 Å². The Bertz CT molecular complexity index is 1270. The summed E-state index contributed by atoms with van der Waals surface area (Å²) in [4.78, 5) is 16.5. The Labute approximate surface area is 206 Å². The molecule has 1 saturated heterocycles. The highest BCUT2D eigenvalue weighted by Crippen LogP contribution is 2.36. The number of imidazole rings is 1. The number of nitrogens with zero attached hydrogens (tertiary/aromatic N) is 6. The number of benzene rings is 1. The molecule has 0 spiro atoms. The molecule has 5 rings (SSSR count). The minimum Gasteiger partial charge on any atom is -0.398 e. The van der Waals surface area contributed by atoms with Gasteiger partial charge in [-0.25, -0.2) is 15.0 Å². The molecule has 1 fully saturated rings. The fourth-order valence-electron chi connectivity index (χ4n) is 5.34. The summed E-state index contributed by atoms with van der Waals surface area (Å²) < 4.78 is 8.25. The molecule has 8 nitrogen and oxygen atoms in total. The number of rotatable bonds is 3. The summed E-state index contributed by atoms with van der Waals surface area (Å²) in [6.07, 6.45) is 7.05. The Balaban J connectivity index is 1.58. The predicted molar refractivity (Wildman–Crippen MR) is 135 cm³/mol. The Morgan fingerprint density at radius 1 is 1.23 bits per heavy atom. The first kappa shape index (κ1) is 23.3. The molecule has 1 unspecified atom stereocenters. The molecule has 0 aliphatic carbocycles. The number of anilines is 2. The first-order valence-corrected chi connectivity index (χ1v) is 12.5. The summed E-state index contributed by atoms with van der Waals surface area (Å²) in [7, 11) is 2.04. The highest BCUT2D eigenvalue weighted by Gasteiger charge is 2.34. The zero-order chi connectivity index (χ0) is 24.5. The highest BCUT2D eigenvalue weighted by molar-refractivity contribution is 5.62. The lowest BCUT2D eigenvalue weighted by molar-refractivity contribution is 0.115. The van der Waals surface area contributed by atoms with Crippen LogP contribution in [0.2, 0.25) is 0 Å². The van der Waals surface area contributed by atoms with E-state index in [9.17, 15) is 5.26 Å². The number of nitrogen functional groups attached to an aromatic ring is 1. The number of fused-ring (bicyclic) bond motifs is 2. The average Bonchev–Trinajstić information content (AvgIpc) is 3.22. The number of hydrogen-bond acceptors (Lipinski definition) is 7. The van der Waals surface area contributed by atoms with Crippen LogP contribution in [0.15, 0.2) is 24.7 Å². The van der Waals surface area contributed by atoms with Crippen LogP contribution in [0, 0.1) is 11.3 Å². The van der Waals surface area contributed by atoms with E-state index in [1.54, 1.807) is 0 Å². The van der Waals surface area contributed by atoms with E-state index in [0.29, 0.717) is 42.7 Å². The maximum absolute atomic E-state index is 9.98. The molecular weight excluding hydrogens is 438 g/mol. The number of ether oxygens (including phenoxy) is 1. The van der Waals surface area contributed by atoms with Gasteiger partial charge in [0.2, 0.25) is 0 Å². The minimum absolute atomic E-state index is 0.310. The second kappa shape index (κ2) is 9.67. The van der Waals surface area contributed by atoms with Crippen molar-refractivity contribution in [2.75, 3.05) is 30.3 Å². The zero-order valence-corrected chi connectivity index (χ0v) is 20.8. The van der Waals surface area contributed by atoms with Gasteiger partial charge in [0.05, 0.1) is 24.2 Å². The van der Waals surface area contributed by atoms with E-state index in [4.69, 9.17) is 20.4 Å². The average molecular weight is 472 g/mol. The zero-order valence-electron chi connectivity index (χ0n) is 20.8. The summed E-state index contributed by atoms with van der Waals surface area (Å²) in [6, 6.07) is 6.33. The second-order valence-electron chi connectivity index (χ2n) is 9.76. The summed E-state index contributed by atoms with van der Waals surface area (Å²) >= 11 is 0. The first-order chi connectivity index (χ1) is 17.0. The Morgan fingerprint density at radius 2 is 2.06 bits per heavy atom. The van der Waals surface area contributed by atoms with Crippen LogP contribution < -0.4 is 10.6 Å². The minimum atomic E-state index is 0.310. The summed E-state index contributed by atoms with van der Waals surface area (Å²) in [5.41, 5.74) is 12.7. The van der Waals surface area contributed by atoms with Gasteiger partial charge in [0, 0.05) is 68.6 Å². The van der Waals surface area contributed by atoms with Crippen molar-refractivity contribution in [1.82, 2.24) is 19.5 Å². The third-order valence-electron chi connectivity index (χ3n) is 7.43. The molecule has 3 aromatic rings. The first-order valence-electron chi connectivity index (χ1n) is 12.5. The third-order valence-corrected chi connectivity index (χ3v) is 7.43. The lowest BCUT2D eigenvalue weighted by Gasteiger charge is -2.41. The van der Waals surface area contributed by atoms with Crippen LogP contribution in [0.4, 0.5) is 11.5 Å². The van der Waals surface area contributed by atoms with Gasteiger partial charge in [-0.1, -0.05) is 19.9 Å². The number of aromatic nitrogens is 4. The molecule has 0 amide bonds. The Morgan fingerprint density at radius 3 is 2.77 bits per heavy atom. The van der Waals surface area contributed by atoms with Crippen molar-refractivity contribution in [2.24, 2.45) is 7.05 Å². The van der Waals surface area contributed by atoms with Crippen LogP contribution in [0.1, 0.15) is 78.0 Å². The van der Waals surface area contributed by atoms with Crippen molar-refractivity contribution in [3.05, 3.63) is 64.1 Å². The topological polar surface area (TPSA) is 106 Å². The molecule has 182 valence electrons. The number of hydrogen-bond donors (Lipinski definition) is 1. The van der Waals surface area contributed by atoms with Gasteiger partial charge in [0.25, 0.3) is 0 Å². The maximum atomic E-state index is 9.98. The predicted octanol–water partition coefficient (Wildman–Crippen LogP) is 3.83. The molecular formula is C27H33N7O. The van der Waals surface area contributed by atoms with Crippen molar-refractivity contribution in [3.8, 4) is 6.07 Å². The van der Waals surface area contributed by atoms with E-state index >= 15 is 0 Å². The van der Waals surface area contributed by atoms with Gasteiger partial charge in [-0.15, -0.1) is 0 Å². The van der Waals surface area contributed by atoms with Gasteiger partial charge in [-0.2, -0.15) is 5.26 Å². The van der Waals surface area contributed by atoms with Crippen molar-refractivity contribution >= 4 is 11.5 Å². The molecule has 0 saturated carbocycles. The molecule has 8 heteroatoms. The molecule has 4 heterocycles. The van der Waals surface area contributed by atoms with E-state index in [0.717, 1.165) is 60.8 Å². The normalized spacial score (nSPS) is 18.7. The molecule has 2 aliphatic rings. The third kappa shape index (κ3) is 4.37. The Hall–Kier alpha value is -3.44. The van der Waals surface area contributed by atoms with Crippen LogP contribution >= 0.6 is 0 Å². The lowest BCUT2D eigenvalue weighted by atomic mass is 9.86. The standard InChI is InChI=1S/C27H33N7O/c1-4-26-31-24-10-20-19(7-8-23(29)21(20)11-28)17(2)6-5-9-35-15-22(24)27(32-26)34-13-18(14-34)25-12-30-16-33(25)3/h7-8,12,16-18H,4-6,9-10,13-15,29H2,1-3H3. The molecule has 2 aromatic heterocycles. The van der Waals surface area contributed by atoms with Gasteiger partial charge in [-0.3, -0.25) is 0 Å². The monoisotopic (exact) mass is 471 g/mol. The quantitative estimate of drug-likeness (QED) is 0.579. The Kier molecular flexibility index (Phi) is 6.44. The van der Waals surface area contributed by atoms with Crippen LogP contribution in [-0.4, -0.2) is 39.2 Å². The maximum Gasteiger partial charge on any atom is 0.138 e. The summed E-state index contributed by atoms with van der Waals surface area (Å²) in [6.45, 7) is 7.22. The molecule has 2 aliphatic heterocycles. The van der Waals surface area contributed by atoms with E-state index < -0.39 is 0 Å². The van der Waals surface area contributed by atoms with Crippen molar-refractivity contribution < 1.29 is 4.74 Å². The molecule has 1 aromatic carbocycles. The van der Waals surface area contributed by atoms with Gasteiger partial charge >= 0.3 is 0 Å². The molecule has 0 bridgehead atoms. The van der Waals surface area contributed by atoms with Crippen LogP contribution in [0.5, 0.6) is 0 Å². The molecule has 1 atom stereocenters. The highest BCUT2D eigenvalue weighted by atomic mass is 16.5. The fourth-order valence-corrected chi connectivity index (χ4v) is 5.34. The molecule has 0 radical (unpaired) electrons. The number of nitriles is 1. The fraction of sp³-hybridized carbons (Fsp3) is 0.481. The van der Waals surface area contributed by atoms with Crippen LogP contribution in [0.25, 0.3) is 0 Å². The smallest absolute Gasteiger partial charge is 0.138 e. The lowest BCUT2D eigenvalue weighted by Crippen LogP contribution is -2.47. The van der Waals surface area contributed by atoms with Crippen LogP contribution in [-0.2, 0) is 31.2 Å². The van der Waals surface area contributed by atoms with Crippen molar-refractivity contribution in [2.45, 2.75) is 58.0 Å². The van der Waals surface area contributed by atoms with Crippen molar-refractivity contribution in [1.29, 1.82) is 5.26 Å². The van der Waals surface area contributed by atoms with Crippen molar-refractivity contribution in [3.63, 3.8) is 0 Å². The number of aryl methyl sites for hydroxylation is 2. The molecule has 2 N–H and O–H groups in total. The molecule has 35 heavy (non-hydrogen) atoms.